The molecule has 0 N–H and O–H groups in total. The molecule has 3 rings (SSSR count). The highest BCUT2D eigenvalue weighted by Gasteiger charge is 2.28. The average molecular weight is 406 g/mol. The minimum atomic E-state index is -3.78. The van der Waals surface area contributed by atoms with E-state index in [0.717, 1.165) is 31.7 Å². The van der Waals surface area contributed by atoms with Crippen LogP contribution >= 0.6 is 0 Å². The highest BCUT2D eigenvalue weighted by atomic mass is 32.2. The van der Waals surface area contributed by atoms with Crippen molar-refractivity contribution in [3.05, 3.63) is 52.6 Å². The fourth-order valence-corrected chi connectivity index (χ4v) is 4.63. The number of rotatable bonds is 6. The number of hydrogen-bond donors (Lipinski definition) is 0. The van der Waals surface area contributed by atoms with Crippen LogP contribution in [0.3, 0.4) is 0 Å². The largest absolute Gasteiger partial charge is 0.497 e. The molecule has 8 nitrogen and oxygen atoms in total. The van der Waals surface area contributed by atoms with E-state index in [9.17, 15) is 18.5 Å². The van der Waals surface area contributed by atoms with E-state index in [0.29, 0.717) is 24.6 Å². The number of nitrogens with zero attached hydrogens (tertiary/aromatic N) is 2. The third-order valence-corrected chi connectivity index (χ3v) is 6.51. The van der Waals surface area contributed by atoms with Gasteiger partial charge in [-0.2, -0.15) is 4.31 Å². The molecule has 2 aromatic carbocycles. The van der Waals surface area contributed by atoms with E-state index in [-0.39, 0.29) is 10.6 Å². The Morgan fingerprint density at radius 2 is 1.57 bits per heavy atom. The van der Waals surface area contributed by atoms with Gasteiger partial charge >= 0.3 is 5.69 Å². The van der Waals surface area contributed by atoms with Gasteiger partial charge in [0.25, 0.3) is 0 Å². The number of nitro groups is 1. The van der Waals surface area contributed by atoms with Crippen LogP contribution in [0.2, 0.25) is 0 Å². The SMILES string of the molecule is COc1ccc(Oc2ccc(S(=O)(=O)N3CCCCCC3)cc2[N+](=O)[O-])cc1. The lowest BCUT2D eigenvalue weighted by Gasteiger charge is -2.20. The number of nitro benzene ring substituents is 1. The van der Waals surface area contributed by atoms with Crippen LogP contribution in [0.15, 0.2) is 47.4 Å². The van der Waals surface area contributed by atoms with Gasteiger partial charge in [0.1, 0.15) is 11.5 Å². The van der Waals surface area contributed by atoms with Crippen molar-refractivity contribution in [3.63, 3.8) is 0 Å². The van der Waals surface area contributed by atoms with E-state index >= 15 is 0 Å². The summed E-state index contributed by atoms with van der Waals surface area (Å²) in [5.41, 5.74) is -0.397. The summed E-state index contributed by atoms with van der Waals surface area (Å²) in [5, 5.41) is 11.5. The van der Waals surface area contributed by atoms with Gasteiger partial charge in [0.2, 0.25) is 15.8 Å². The summed E-state index contributed by atoms with van der Waals surface area (Å²) in [5.74, 6) is 0.984. The molecule has 0 radical (unpaired) electrons. The molecule has 1 saturated heterocycles. The van der Waals surface area contributed by atoms with Crippen LogP contribution in [0, 0.1) is 10.1 Å². The molecule has 1 aliphatic heterocycles. The molecule has 0 bridgehead atoms. The molecule has 0 aromatic heterocycles. The minimum Gasteiger partial charge on any atom is -0.497 e. The average Bonchev–Trinajstić information content (AvgIpc) is 2.98. The van der Waals surface area contributed by atoms with Crippen LogP contribution in [0.5, 0.6) is 17.2 Å². The van der Waals surface area contributed by atoms with E-state index in [2.05, 4.69) is 0 Å². The number of ether oxygens (including phenoxy) is 2. The van der Waals surface area contributed by atoms with Crippen molar-refractivity contribution < 1.29 is 22.8 Å². The zero-order valence-electron chi connectivity index (χ0n) is 15.5. The maximum atomic E-state index is 12.9. The predicted molar refractivity (Wildman–Crippen MR) is 103 cm³/mol. The van der Waals surface area contributed by atoms with Crippen molar-refractivity contribution >= 4 is 15.7 Å². The van der Waals surface area contributed by atoms with E-state index in [1.165, 1.54) is 23.5 Å². The Morgan fingerprint density at radius 3 is 2.14 bits per heavy atom. The summed E-state index contributed by atoms with van der Waals surface area (Å²) in [6.07, 6.45) is 3.56. The van der Waals surface area contributed by atoms with Crippen LogP contribution in [-0.2, 0) is 10.0 Å². The van der Waals surface area contributed by atoms with Gasteiger partial charge in [-0.25, -0.2) is 8.42 Å². The van der Waals surface area contributed by atoms with Crippen LogP contribution < -0.4 is 9.47 Å². The van der Waals surface area contributed by atoms with Crippen molar-refractivity contribution in [3.8, 4) is 17.2 Å². The van der Waals surface area contributed by atoms with Crippen molar-refractivity contribution in [2.24, 2.45) is 0 Å². The molecular weight excluding hydrogens is 384 g/mol. The van der Waals surface area contributed by atoms with Crippen LogP contribution in [0.4, 0.5) is 5.69 Å². The monoisotopic (exact) mass is 406 g/mol. The summed E-state index contributed by atoms with van der Waals surface area (Å²) in [4.78, 5) is 10.8. The second-order valence-corrected chi connectivity index (χ2v) is 8.42. The third-order valence-electron chi connectivity index (χ3n) is 4.62. The van der Waals surface area contributed by atoms with E-state index in [4.69, 9.17) is 9.47 Å². The summed E-state index contributed by atoms with van der Waals surface area (Å²) in [6.45, 7) is 0.862. The second kappa shape index (κ2) is 8.57. The number of benzene rings is 2. The lowest BCUT2D eigenvalue weighted by Crippen LogP contribution is -2.31. The molecule has 0 amide bonds. The zero-order chi connectivity index (χ0) is 20.1. The minimum absolute atomic E-state index is 0.0232. The maximum Gasteiger partial charge on any atom is 0.312 e. The smallest absolute Gasteiger partial charge is 0.312 e. The lowest BCUT2D eigenvalue weighted by molar-refractivity contribution is -0.385. The van der Waals surface area contributed by atoms with Gasteiger partial charge in [-0.05, 0) is 49.2 Å². The Hall–Kier alpha value is -2.65. The molecule has 0 atom stereocenters. The van der Waals surface area contributed by atoms with E-state index < -0.39 is 20.6 Å². The first kappa shape index (κ1) is 20.1. The Morgan fingerprint density at radius 1 is 0.964 bits per heavy atom. The normalized spacial score (nSPS) is 15.6. The second-order valence-electron chi connectivity index (χ2n) is 6.48. The number of hydrogen-bond acceptors (Lipinski definition) is 6. The third kappa shape index (κ3) is 4.42. The first-order valence-corrected chi connectivity index (χ1v) is 10.5. The molecule has 1 aliphatic rings. The standard InChI is InChI=1S/C19H22N2O6S/c1-26-15-6-8-16(9-7-15)27-19-11-10-17(14-18(19)21(22)23)28(24,25)20-12-4-2-3-5-13-20/h6-11,14H,2-5,12-13H2,1H3. The number of sulfonamides is 1. The van der Waals surface area contributed by atoms with Gasteiger partial charge < -0.3 is 9.47 Å². The predicted octanol–water partition coefficient (Wildman–Crippen LogP) is 3.96. The van der Waals surface area contributed by atoms with Crippen LogP contribution in [0.1, 0.15) is 25.7 Å². The number of methoxy groups -OCH3 is 1. The van der Waals surface area contributed by atoms with E-state index in [1.807, 2.05) is 0 Å². The summed E-state index contributed by atoms with van der Waals surface area (Å²) in [7, 11) is -2.25. The van der Waals surface area contributed by atoms with E-state index in [1.54, 1.807) is 24.3 Å². The molecule has 28 heavy (non-hydrogen) atoms. The maximum absolute atomic E-state index is 12.9. The van der Waals surface area contributed by atoms with Crippen molar-refractivity contribution in [2.75, 3.05) is 20.2 Å². The quantitative estimate of drug-likeness (QED) is 0.532. The lowest BCUT2D eigenvalue weighted by atomic mass is 10.2. The van der Waals surface area contributed by atoms with Crippen molar-refractivity contribution in [1.82, 2.24) is 4.31 Å². The fourth-order valence-electron chi connectivity index (χ4n) is 3.09. The molecular formula is C19H22N2O6S. The molecule has 9 heteroatoms. The molecule has 0 saturated carbocycles. The van der Waals surface area contributed by atoms with Crippen molar-refractivity contribution in [2.45, 2.75) is 30.6 Å². The summed E-state index contributed by atoms with van der Waals surface area (Å²) in [6, 6.07) is 10.3. The topological polar surface area (TPSA) is 99.0 Å². The van der Waals surface area contributed by atoms with Crippen LogP contribution in [0.25, 0.3) is 0 Å². The van der Waals surface area contributed by atoms with Gasteiger partial charge in [-0.3, -0.25) is 10.1 Å². The Labute approximate surface area is 163 Å². The molecule has 0 spiro atoms. The Bertz CT molecular complexity index is 935. The Balaban J connectivity index is 1.90. The van der Waals surface area contributed by atoms with Crippen LogP contribution in [-0.4, -0.2) is 37.8 Å². The van der Waals surface area contributed by atoms with Gasteiger partial charge in [0.05, 0.1) is 16.9 Å². The molecule has 2 aromatic rings. The summed E-state index contributed by atoms with van der Waals surface area (Å²) >= 11 is 0. The van der Waals surface area contributed by atoms with Crippen molar-refractivity contribution in [1.29, 1.82) is 0 Å². The first-order valence-electron chi connectivity index (χ1n) is 9.02. The highest BCUT2D eigenvalue weighted by Crippen LogP contribution is 2.35. The zero-order valence-corrected chi connectivity index (χ0v) is 16.4. The molecule has 0 aliphatic carbocycles. The van der Waals surface area contributed by atoms with Gasteiger partial charge in [0, 0.05) is 19.2 Å². The van der Waals surface area contributed by atoms with Gasteiger partial charge in [-0.15, -0.1) is 0 Å². The first-order chi connectivity index (χ1) is 13.4. The highest BCUT2D eigenvalue weighted by molar-refractivity contribution is 7.89. The molecule has 1 fully saturated rings. The summed E-state index contributed by atoms with van der Waals surface area (Å²) < 4.78 is 37.9. The van der Waals surface area contributed by atoms with Gasteiger partial charge in [0.15, 0.2) is 0 Å². The Kier molecular flexibility index (Phi) is 6.15. The van der Waals surface area contributed by atoms with Gasteiger partial charge in [-0.1, -0.05) is 12.8 Å². The fraction of sp³-hybridized carbons (Fsp3) is 0.368. The molecule has 0 unspecified atom stereocenters. The molecule has 1 heterocycles. The molecule has 150 valence electrons.